The topological polar surface area (TPSA) is 49.7 Å². The van der Waals surface area contributed by atoms with Crippen molar-refractivity contribution in [1.82, 2.24) is 5.01 Å². The molecule has 1 rings (SSSR count). The van der Waals surface area contributed by atoms with Gasteiger partial charge in [0.25, 0.3) is 0 Å². The second-order valence-electron chi connectivity index (χ2n) is 4.71. The maximum Gasteiger partial charge on any atom is 0.170 e. The monoisotopic (exact) mass is 232 g/mol. The average molecular weight is 232 g/mol. The maximum atomic E-state index is 11.7. The van der Waals surface area contributed by atoms with Crippen LogP contribution in [0.15, 0.2) is 5.10 Å². The molecule has 15 heavy (non-hydrogen) atoms. The van der Waals surface area contributed by atoms with Crippen molar-refractivity contribution in [2.24, 2.45) is 16.9 Å². The van der Waals surface area contributed by atoms with Gasteiger partial charge in [0, 0.05) is 18.4 Å². The molecule has 0 radical (unpaired) electrons. The summed E-state index contributed by atoms with van der Waals surface area (Å²) in [5.41, 5.74) is 0. The number of sulfone groups is 1. The molecule has 1 heterocycles. The first kappa shape index (κ1) is 12.5. The Bertz CT molecular complexity index is 348. The van der Waals surface area contributed by atoms with E-state index >= 15 is 0 Å². The Morgan fingerprint density at radius 3 is 2.13 bits per heavy atom. The zero-order chi connectivity index (χ0) is 11.8. The standard InChI is InChI=1S/C10H20N2O2S/c1-7(2)10(15(5,13)14)12-9(4)8(3)6-11-12/h6-10H,1-5H3. The summed E-state index contributed by atoms with van der Waals surface area (Å²) in [5.74, 6) is 0.359. The van der Waals surface area contributed by atoms with E-state index in [0.29, 0.717) is 5.92 Å². The first-order chi connectivity index (χ1) is 6.75. The molecular formula is C10H20N2O2S. The minimum absolute atomic E-state index is 0.0462. The van der Waals surface area contributed by atoms with Gasteiger partial charge in [0.05, 0.1) is 6.04 Å². The molecular weight excluding hydrogens is 212 g/mol. The fourth-order valence-electron chi connectivity index (χ4n) is 1.95. The molecule has 1 aliphatic rings. The van der Waals surface area contributed by atoms with E-state index in [9.17, 15) is 8.42 Å². The third-order valence-electron chi connectivity index (χ3n) is 2.88. The molecule has 0 aromatic rings. The number of hydrogen-bond donors (Lipinski definition) is 0. The Hall–Kier alpha value is -0.580. The largest absolute Gasteiger partial charge is 0.275 e. The van der Waals surface area contributed by atoms with Gasteiger partial charge in [-0.1, -0.05) is 20.8 Å². The van der Waals surface area contributed by atoms with E-state index < -0.39 is 15.2 Å². The average Bonchev–Trinajstić information content (AvgIpc) is 2.33. The minimum atomic E-state index is -3.09. The third-order valence-corrected chi connectivity index (χ3v) is 4.52. The summed E-state index contributed by atoms with van der Waals surface area (Å²) in [6.45, 7) is 7.89. The van der Waals surface area contributed by atoms with Gasteiger partial charge in [-0.3, -0.25) is 5.01 Å². The van der Waals surface area contributed by atoms with Crippen LogP contribution in [0, 0.1) is 11.8 Å². The van der Waals surface area contributed by atoms with Crippen molar-refractivity contribution < 1.29 is 8.42 Å². The molecule has 0 N–H and O–H groups in total. The van der Waals surface area contributed by atoms with Gasteiger partial charge in [-0.2, -0.15) is 5.10 Å². The van der Waals surface area contributed by atoms with Gasteiger partial charge in [0.2, 0.25) is 0 Å². The van der Waals surface area contributed by atoms with Crippen molar-refractivity contribution in [3.63, 3.8) is 0 Å². The number of hydrazone groups is 1. The SMILES string of the molecule is CC(C)C(N1N=CC(C)C1C)S(C)(=O)=O. The van der Waals surface area contributed by atoms with E-state index in [1.165, 1.54) is 6.26 Å². The fourth-order valence-corrected chi connectivity index (χ4v) is 3.57. The van der Waals surface area contributed by atoms with Crippen LogP contribution >= 0.6 is 0 Å². The van der Waals surface area contributed by atoms with Crippen LogP contribution in [0.1, 0.15) is 27.7 Å². The lowest BCUT2D eigenvalue weighted by Gasteiger charge is -2.32. The van der Waals surface area contributed by atoms with Crippen LogP contribution in [0.5, 0.6) is 0 Å². The molecule has 1 aliphatic heterocycles. The van der Waals surface area contributed by atoms with Crippen molar-refractivity contribution in [3.05, 3.63) is 0 Å². The zero-order valence-corrected chi connectivity index (χ0v) is 10.8. The van der Waals surface area contributed by atoms with Gasteiger partial charge in [0.15, 0.2) is 15.2 Å². The van der Waals surface area contributed by atoms with E-state index in [2.05, 4.69) is 5.10 Å². The van der Waals surface area contributed by atoms with Crippen LogP contribution in [-0.2, 0) is 9.84 Å². The predicted octanol–water partition coefficient (Wildman–Crippen LogP) is 1.34. The van der Waals surface area contributed by atoms with Crippen molar-refractivity contribution in [3.8, 4) is 0 Å². The van der Waals surface area contributed by atoms with Gasteiger partial charge in [-0.25, -0.2) is 8.42 Å². The minimum Gasteiger partial charge on any atom is -0.275 e. The van der Waals surface area contributed by atoms with Crippen molar-refractivity contribution in [2.45, 2.75) is 39.1 Å². The second-order valence-corrected chi connectivity index (χ2v) is 6.85. The second kappa shape index (κ2) is 4.12. The first-order valence-corrected chi connectivity index (χ1v) is 7.22. The molecule has 5 heteroatoms. The fraction of sp³-hybridized carbons (Fsp3) is 0.900. The molecule has 4 nitrogen and oxygen atoms in total. The van der Waals surface area contributed by atoms with E-state index in [-0.39, 0.29) is 12.0 Å². The molecule has 0 fully saturated rings. The summed E-state index contributed by atoms with van der Waals surface area (Å²) in [6, 6.07) is 0.159. The summed E-state index contributed by atoms with van der Waals surface area (Å²) in [7, 11) is -3.09. The van der Waals surface area contributed by atoms with Gasteiger partial charge in [-0.15, -0.1) is 0 Å². The summed E-state index contributed by atoms with van der Waals surface area (Å²) in [5, 5.41) is 5.44. The molecule has 88 valence electrons. The lowest BCUT2D eigenvalue weighted by atomic mass is 10.1. The van der Waals surface area contributed by atoms with Gasteiger partial charge in [0.1, 0.15) is 0 Å². The lowest BCUT2D eigenvalue weighted by molar-refractivity contribution is 0.168. The lowest BCUT2D eigenvalue weighted by Crippen LogP contribution is -2.44. The van der Waals surface area contributed by atoms with E-state index in [1.807, 2.05) is 33.9 Å². The number of hydrogen-bond acceptors (Lipinski definition) is 4. The molecule has 0 saturated carbocycles. The quantitative estimate of drug-likeness (QED) is 0.738. The van der Waals surface area contributed by atoms with Crippen LogP contribution in [0.2, 0.25) is 0 Å². The van der Waals surface area contributed by atoms with Crippen LogP contribution in [-0.4, -0.2) is 37.3 Å². The highest BCUT2D eigenvalue weighted by Crippen LogP contribution is 2.26. The predicted molar refractivity (Wildman–Crippen MR) is 62.4 cm³/mol. The smallest absolute Gasteiger partial charge is 0.170 e. The normalized spacial score (nSPS) is 28.8. The zero-order valence-electron chi connectivity index (χ0n) is 10.0. The maximum absolute atomic E-state index is 11.7. The summed E-state index contributed by atoms with van der Waals surface area (Å²) in [4.78, 5) is 0. The molecule has 0 aromatic carbocycles. The molecule has 0 amide bonds. The third kappa shape index (κ3) is 2.51. The Labute approximate surface area is 92.3 Å². The van der Waals surface area contributed by atoms with Crippen LogP contribution in [0.3, 0.4) is 0 Å². The highest BCUT2D eigenvalue weighted by Gasteiger charge is 2.37. The molecule has 0 aliphatic carbocycles. The Morgan fingerprint density at radius 2 is 1.87 bits per heavy atom. The van der Waals surface area contributed by atoms with Crippen molar-refractivity contribution >= 4 is 16.1 Å². The number of nitrogens with zero attached hydrogens (tertiary/aromatic N) is 2. The van der Waals surface area contributed by atoms with Crippen molar-refractivity contribution in [2.75, 3.05) is 6.26 Å². The van der Waals surface area contributed by atoms with E-state index in [0.717, 1.165) is 0 Å². The highest BCUT2D eigenvalue weighted by molar-refractivity contribution is 7.91. The van der Waals surface area contributed by atoms with Crippen LogP contribution in [0.25, 0.3) is 0 Å². The molecule has 0 aromatic heterocycles. The Kier molecular flexibility index (Phi) is 3.43. The molecule has 3 atom stereocenters. The molecule has 0 spiro atoms. The molecule has 0 saturated heterocycles. The summed E-state index contributed by atoms with van der Waals surface area (Å²) >= 11 is 0. The summed E-state index contributed by atoms with van der Waals surface area (Å²) < 4.78 is 23.4. The van der Waals surface area contributed by atoms with Gasteiger partial charge in [-0.05, 0) is 12.8 Å². The van der Waals surface area contributed by atoms with Gasteiger partial charge < -0.3 is 0 Å². The van der Waals surface area contributed by atoms with Gasteiger partial charge >= 0.3 is 0 Å². The van der Waals surface area contributed by atoms with E-state index in [1.54, 1.807) is 5.01 Å². The highest BCUT2D eigenvalue weighted by atomic mass is 32.2. The Balaban J connectivity index is 2.98. The summed E-state index contributed by atoms with van der Waals surface area (Å²) in [6.07, 6.45) is 3.11. The molecule has 3 unspecified atom stereocenters. The van der Waals surface area contributed by atoms with Crippen LogP contribution in [0.4, 0.5) is 0 Å². The first-order valence-electron chi connectivity index (χ1n) is 5.26. The van der Waals surface area contributed by atoms with Crippen LogP contribution < -0.4 is 0 Å². The van der Waals surface area contributed by atoms with E-state index in [4.69, 9.17) is 0 Å². The molecule has 0 bridgehead atoms. The van der Waals surface area contributed by atoms with Crippen molar-refractivity contribution in [1.29, 1.82) is 0 Å². The Morgan fingerprint density at radius 1 is 1.33 bits per heavy atom. The number of rotatable bonds is 3.